The van der Waals surface area contributed by atoms with Crippen LogP contribution in [0, 0.1) is 6.92 Å². The SMILES string of the molecule is CN=C(N)c1cncc(C)c1. The highest BCUT2D eigenvalue weighted by molar-refractivity contribution is 5.97. The summed E-state index contributed by atoms with van der Waals surface area (Å²) in [5.41, 5.74) is 7.55. The van der Waals surface area contributed by atoms with Gasteiger partial charge in [-0.1, -0.05) is 0 Å². The van der Waals surface area contributed by atoms with E-state index >= 15 is 0 Å². The molecule has 2 N–H and O–H groups in total. The highest BCUT2D eigenvalue weighted by Crippen LogP contribution is 1.99. The lowest BCUT2D eigenvalue weighted by molar-refractivity contribution is 1.24. The molecule has 1 heterocycles. The molecule has 0 bridgehead atoms. The quantitative estimate of drug-likeness (QED) is 0.472. The maximum Gasteiger partial charge on any atom is 0.126 e. The summed E-state index contributed by atoms with van der Waals surface area (Å²) in [6.45, 7) is 1.97. The molecule has 1 rings (SSSR count). The van der Waals surface area contributed by atoms with Gasteiger partial charge in [-0.3, -0.25) is 9.98 Å². The lowest BCUT2D eigenvalue weighted by Gasteiger charge is -1.98. The van der Waals surface area contributed by atoms with Crippen molar-refractivity contribution in [2.75, 3.05) is 7.05 Å². The first kappa shape index (κ1) is 7.72. The largest absolute Gasteiger partial charge is 0.383 e. The minimum absolute atomic E-state index is 0.529. The minimum Gasteiger partial charge on any atom is -0.383 e. The van der Waals surface area contributed by atoms with E-state index in [1.54, 1.807) is 19.4 Å². The normalized spacial score (nSPS) is 11.6. The van der Waals surface area contributed by atoms with Gasteiger partial charge < -0.3 is 5.73 Å². The van der Waals surface area contributed by atoms with Gasteiger partial charge in [0.25, 0.3) is 0 Å². The third-order valence-corrected chi connectivity index (χ3v) is 1.41. The van der Waals surface area contributed by atoms with Crippen LogP contribution in [0.4, 0.5) is 0 Å². The summed E-state index contributed by atoms with van der Waals surface area (Å²) in [6.07, 6.45) is 3.49. The molecular formula is C8H11N3. The summed E-state index contributed by atoms with van der Waals surface area (Å²) in [4.78, 5) is 7.85. The zero-order valence-electron chi connectivity index (χ0n) is 6.70. The predicted molar refractivity (Wildman–Crippen MR) is 45.6 cm³/mol. The van der Waals surface area contributed by atoms with Gasteiger partial charge in [0, 0.05) is 25.0 Å². The Morgan fingerprint density at radius 1 is 1.55 bits per heavy atom. The highest BCUT2D eigenvalue weighted by Gasteiger charge is 1.95. The molecular weight excluding hydrogens is 138 g/mol. The minimum atomic E-state index is 0.529. The van der Waals surface area contributed by atoms with E-state index in [-0.39, 0.29) is 0 Å². The molecule has 0 amide bonds. The third-order valence-electron chi connectivity index (χ3n) is 1.41. The number of hydrogen-bond acceptors (Lipinski definition) is 2. The zero-order chi connectivity index (χ0) is 8.27. The number of rotatable bonds is 1. The smallest absolute Gasteiger partial charge is 0.126 e. The van der Waals surface area contributed by atoms with Gasteiger partial charge >= 0.3 is 0 Å². The van der Waals surface area contributed by atoms with E-state index in [4.69, 9.17) is 5.73 Å². The molecule has 0 unspecified atom stereocenters. The molecule has 3 heteroatoms. The van der Waals surface area contributed by atoms with Crippen LogP contribution < -0.4 is 5.73 Å². The molecule has 0 saturated carbocycles. The molecule has 0 aliphatic carbocycles. The fourth-order valence-electron chi connectivity index (χ4n) is 0.824. The first-order valence-electron chi connectivity index (χ1n) is 3.38. The average molecular weight is 149 g/mol. The van der Waals surface area contributed by atoms with Crippen molar-refractivity contribution in [1.82, 2.24) is 4.98 Å². The van der Waals surface area contributed by atoms with Crippen LogP contribution in [0.2, 0.25) is 0 Å². The molecule has 0 aliphatic rings. The molecule has 1 aromatic heterocycles. The van der Waals surface area contributed by atoms with Gasteiger partial charge in [0.05, 0.1) is 0 Å². The first-order chi connectivity index (χ1) is 5.24. The van der Waals surface area contributed by atoms with Crippen molar-refractivity contribution >= 4 is 5.84 Å². The van der Waals surface area contributed by atoms with Crippen LogP contribution in [0.3, 0.4) is 0 Å². The Balaban J connectivity index is 3.06. The summed E-state index contributed by atoms with van der Waals surface area (Å²) < 4.78 is 0. The van der Waals surface area contributed by atoms with Gasteiger partial charge in [0.1, 0.15) is 5.84 Å². The number of nitrogens with zero attached hydrogens (tertiary/aromatic N) is 2. The van der Waals surface area contributed by atoms with Crippen LogP contribution in [-0.2, 0) is 0 Å². The van der Waals surface area contributed by atoms with Crippen LogP contribution in [0.5, 0.6) is 0 Å². The van der Waals surface area contributed by atoms with E-state index in [2.05, 4.69) is 9.98 Å². The average Bonchev–Trinajstić information content (AvgIpc) is 2.03. The molecule has 58 valence electrons. The second kappa shape index (κ2) is 3.14. The predicted octanol–water partition coefficient (Wildman–Crippen LogP) is 0.725. The fraction of sp³-hybridized carbons (Fsp3) is 0.250. The van der Waals surface area contributed by atoms with Crippen molar-refractivity contribution in [2.24, 2.45) is 10.7 Å². The Labute approximate surface area is 66.0 Å². The molecule has 0 saturated heterocycles. The maximum absolute atomic E-state index is 5.57. The number of pyridine rings is 1. The van der Waals surface area contributed by atoms with Crippen molar-refractivity contribution in [3.8, 4) is 0 Å². The first-order valence-corrected chi connectivity index (χ1v) is 3.38. The van der Waals surface area contributed by atoms with Crippen LogP contribution in [0.1, 0.15) is 11.1 Å². The molecule has 0 spiro atoms. The molecule has 3 nitrogen and oxygen atoms in total. The van der Waals surface area contributed by atoms with E-state index < -0.39 is 0 Å². The molecule has 0 radical (unpaired) electrons. The summed E-state index contributed by atoms with van der Waals surface area (Å²) >= 11 is 0. The molecule has 11 heavy (non-hydrogen) atoms. The molecule has 0 atom stereocenters. The molecule has 0 fully saturated rings. The number of nitrogens with two attached hydrogens (primary N) is 1. The van der Waals surface area contributed by atoms with E-state index in [1.165, 1.54) is 0 Å². The van der Waals surface area contributed by atoms with E-state index in [1.807, 2.05) is 13.0 Å². The van der Waals surface area contributed by atoms with Crippen molar-refractivity contribution in [3.63, 3.8) is 0 Å². The van der Waals surface area contributed by atoms with Crippen LogP contribution >= 0.6 is 0 Å². The van der Waals surface area contributed by atoms with Crippen LogP contribution in [0.25, 0.3) is 0 Å². The van der Waals surface area contributed by atoms with E-state index in [0.29, 0.717) is 5.84 Å². The van der Waals surface area contributed by atoms with Gasteiger partial charge in [-0.2, -0.15) is 0 Å². The van der Waals surface area contributed by atoms with Gasteiger partial charge in [-0.25, -0.2) is 0 Å². The Morgan fingerprint density at radius 3 is 2.82 bits per heavy atom. The van der Waals surface area contributed by atoms with Crippen LogP contribution in [-0.4, -0.2) is 17.9 Å². The standard InChI is InChI=1S/C8H11N3/c1-6-3-7(5-11-4-6)8(9)10-2/h3-5H,1-2H3,(H2,9,10). The Bertz CT molecular complexity index is 278. The lowest BCUT2D eigenvalue weighted by atomic mass is 10.2. The number of aromatic nitrogens is 1. The van der Waals surface area contributed by atoms with Gasteiger partial charge in [-0.15, -0.1) is 0 Å². The number of amidine groups is 1. The Kier molecular flexibility index (Phi) is 2.21. The summed E-state index contributed by atoms with van der Waals surface area (Å²) in [5, 5.41) is 0. The van der Waals surface area contributed by atoms with Crippen molar-refractivity contribution < 1.29 is 0 Å². The second-order valence-corrected chi connectivity index (χ2v) is 2.36. The van der Waals surface area contributed by atoms with E-state index in [9.17, 15) is 0 Å². The molecule has 0 aliphatic heterocycles. The highest BCUT2D eigenvalue weighted by atomic mass is 14.8. The van der Waals surface area contributed by atoms with Crippen molar-refractivity contribution in [3.05, 3.63) is 29.6 Å². The summed E-state index contributed by atoms with van der Waals surface area (Å²) in [7, 11) is 1.66. The summed E-state index contributed by atoms with van der Waals surface area (Å²) in [5.74, 6) is 0.529. The van der Waals surface area contributed by atoms with Crippen LogP contribution in [0.15, 0.2) is 23.5 Å². The summed E-state index contributed by atoms with van der Waals surface area (Å²) in [6, 6.07) is 1.95. The maximum atomic E-state index is 5.57. The zero-order valence-corrected chi connectivity index (χ0v) is 6.70. The monoisotopic (exact) mass is 149 g/mol. The number of aryl methyl sites for hydroxylation is 1. The molecule has 1 aromatic rings. The number of hydrogen-bond donors (Lipinski definition) is 1. The van der Waals surface area contributed by atoms with E-state index in [0.717, 1.165) is 11.1 Å². The lowest BCUT2D eigenvalue weighted by Crippen LogP contribution is -2.13. The Hall–Kier alpha value is -1.38. The topological polar surface area (TPSA) is 51.3 Å². The van der Waals surface area contributed by atoms with Gasteiger partial charge in [-0.05, 0) is 18.6 Å². The number of aliphatic imine (C=N–C) groups is 1. The van der Waals surface area contributed by atoms with Gasteiger partial charge in [0.2, 0.25) is 0 Å². The molecule has 0 aromatic carbocycles. The fourth-order valence-corrected chi connectivity index (χ4v) is 0.824. The third kappa shape index (κ3) is 1.77. The Morgan fingerprint density at radius 2 is 2.27 bits per heavy atom. The van der Waals surface area contributed by atoms with Gasteiger partial charge in [0.15, 0.2) is 0 Å². The van der Waals surface area contributed by atoms with Crippen molar-refractivity contribution in [2.45, 2.75) is 6.92 Å². The second-order valence-electron chi connectivity index (χ2n) is 2.36. The van der Waals surface area contributed by atoms with Crippen molar-refractivity contribution in [1.29, 1.82) is 0 Å².